The van der Waals surface area contributed by atoms with Crippen LogP contribution in [0.2, 0.25) is 0 Å². The predicted octanol–water partition coefficient (Wildman–Crippen LogP) is 0.558. The molecule has 0 fully saturated rings. The Balaban J connectivity index is 1.84. The largest absolute Gasteiger partial charge is 0.483 e. The van der Waals surface area contributed by atoms with Gasteiger partial charge < -0.3 is 19.9 Å². The van der Waals surface area contributed by atoms with Crippen molar-refractivity contribution in [1.29, 1.82) is 0 Å². The first-order valence-electron chi connectivity index (χ1n) is 8.21. The first-order chi connectivity index (χ1) is 12.0. The third-order valence-corrected chi connectivity index (χ3v) is 3.94. The Morgan fingerprint density at radius 1 is 1.40 bits per heavy atom. The summed E-state index contributed by atoms with van der Waals surface area (Å²) in [6.07, 6.45) is 1.18. The van der Waals surface area contributed by atoms with Crippen molar-refractivity contribution in [2.45, 2.75) is 13.5 Å². The van der Waals surface area contributed by atoms with E-state index in [0.717, 1.165) is 5.56 Å². The van der Waals surface area contributed by atoms with E-state index >= 15 is 0 Å². The van der Waals surface area contributed by atoms with Crippen molar-refractivity contribution in [1.82, 2.24) is 15.1 Å². The number of nitrogens with one attached hydrogen (secondary N) is 1. The maximum absolute atomic E-state index is 12.1. The van der Waals surface area contributed by atoms with Crippen molar-refractivity contribution in [2.24, 2.45) is 0 Å². The van der Waals surface area contributed by atoms with Gasteiger partial charge in [-0.25, -0.2) is 0 Å². The second kappa shape index (κ2) is 8.86. The molecule has 0 unspecified atom stereocenters. The van der Waals surface area contributed by atoms with Crippen molar-refractivity contribution < 1.29 is 19.1 Å². The van der Waals surface area contributed by atoms with Gasteiger partial charge in [-0.2, -0.15) is 0 Å². The fourth-order valence-electron chi connectivity index (χ4n) is 2.54. The molecule has 7 nitrogen and oxygen atoms in total. The first-order valence-corrected chi connectivity index (χ1v) is 8.21. The van der Waals surface area contributed by atoms with E-state index in [0.29, 0.717) is 31.9 Å². The van der Waals surface area contributed by atoms with E-state index in [1.54, 1.807) is 11.8 Å². The minimum Gasteiger partial charge on any atom is -0.483 e. The molecule has 7 heteroatoms. The van der Waals surface area contributed by atoms with E-state index in [9.17, 15) is 14.4 Å². The standard InChI is InChI=1S/C18H23N3O4/c1-3-17(23)20(4-2)12-16(22)19-9-10-21-11-14-7-5-6-8-15(14)25-13-18(21)24/h3,5-8H,1,4,9-13H2,2H3,(H,19,22). The van der Waals surface area contributed by atoms with Crippen LogP contribution in [0.15, 0.2) is 36.9 Å². The highest BCUT2D eigenvalue weighted by atomic mass is 16.5. The second-order valence-corrected chi connectivity index (χ2v) is 5.62. The zero-order chi connectivity index (χ0) is 18.2. The van der Waals surface area contributed by atoms with Gasteiger partial charge in [0.05, 0.1) is 6.54 Å². The molecule has 0 saturated carbocycles. The van der Waals surface area contributed by atoms with Gasteiger partial charge >= 0.3 is 0 Å². The number of ether oxygens (including phenoxy) is 1. The SMILES string of the molecule is C=CC(=O)N(CC)CC(=O)NCCN1Cc2ccccc2OCC1=O. The average Bonchev–Trinajstić information content (AvgIpc) is 2.78. The lowest BCUT2D eigenvalue weighted by molar-refractivity contribution is -0.134. The van der Waals surface area contributed by atoms with Crippen LogP contribution in [0.5, 0.6) is 5.75 Å². The van der Waals surface area contributed by atoms with E-state index in [1.807, 2.05) is 24.3 Å². The summed E-state index contributed by atoms with van der Waals surface area (Å²) in [4.78, 5) is 38.7. The number of hydrogen-bond donors (Lipinski definition) is 1. The quantitative estimate of drug-likeness (QED) is 0.733. The van der Waals surface area contributed by atoms with Crippen molar-refractivity contribution in [3.05, 3.63) is 42.5 Å². The normalized spacial score (nSPS) is 13.3. The van der Waals surface area contributed by atoms with Crippen LogP contribution in [0.4, 0.5) is 0 Å². The van der Waals surface area contributed by atoms with E-state index in [-0.39, 0.29) is 30.9 Å². The van der Waals surface area contributed by atoms with Crippen LogP contribution in [0.25, 0.3) is 0 Å². The summed E-state index contributed by atoms with van der Waals surface area (Å²) in [6, 6.07) is 7.51. The summed E-state index contributed by atoms with van der Waals surface area (Å²) in [5.41, 5.74) is 0.938. The molecule has 1 aromatic carbocycles. The van der Waals surface area contributed by atoms with Crippen LogP contribution in [0.3, 0.4) is 0 Å². The highest BCUT2D eigenvalue weighted by Gasteiger charge is 2.21. The number of benzene rings is 1. The van der Waals surface area contributed by atoms with Gasteiger partial charge in [-0.1, -0.05) is 24.8 Å². The summed E-state index contributed by atoms with van der Waals surface area (Å²) in [7, 11) is 0. The Hall–Kier alpha value is -2.83. The van der Waals surface area contributed by atoms with Gasteiger partial charge in [0.2, 0.25) is 11.8 Å². The number of hydrogen-bond acceptors (Lipinski definition) is 4. The van der Waals surface area contributed by atoms with Crippen LogP contribution >= 0.6 is 0 Å². The molecule has 1 aromatic rings. The highest BCUT2D eigenvalue weighted by Crippen LogP contribution is 2.22. The molecule has 0 saturated heterocycles. The average molecular weight is 345 g/mol. The van der Waals surface area contributed by atoms with Gasteiger partial charge in [0.15, 0.2) is 6.61 Å². The number of rotatable bonds is 7. The van der Waals surface area contributed by atoms with Gasteiger partial charge in [-0.05, 0) is 19.1 Å². The molecule has 0 bridgehead atoms. The Morgan fingerprint density at radius 3 is 2.88 bits per heavy atom. The van der Waals surface area contributed by atoms with Gasteiger partial charge in [-0.15, -0.1) is 0 Å². The number of carbonyl (C=O) groups is 3. The van der Waals surface area contributed by atoms with Gasteiger partial charge in [0.25, 0.3) is 5.91 Å². The van der Waals surface area contributed by atoms with Crippen LogP contribution < -0.4 is 10.1 Å². The van der Waals surface area contributed by atoms with E-state index < -0.39 is 0 Å². The lowest BCUT2D eigenvalue weighted by atomic mass is 10.2. The van der Waals surface area contributed by atoms with Crippen molar-refractivity contribution in [3.8, 4) is 5.75 Å². The molecule has 0 spiro atoms. The molecule has 0 aliphatic carbocycles. The number of likely N-dealkylation sites (N-methyl/N-ethyl adjacent to an activating group) is 1. The summed E-state index contributed by atoms with van der Waals surface area (Å²) in [5, 5.41) is 2.74. The number of amides is 3. The maximum atomic E-state index is 12.1. The molecule has 0 aromatic heterocycles. The lowest BCUT2D eigenvalue weighted by Gasteiger charge is -2.21. The smallest absolute Gasteiger partial charge is 0.260 e. The fourth-order valence-corrected chi connectivity index (χ4v) is 2.54. The molecular formula is C18H23N3O4. The molecule has 134 valence electrons. The molecule has 3 amide bonds. The first kappa shape index (κ1) is 18.5. The molecular weight excluding hydrogens is 322 g/mol. The summed E-state index contributed by atoms with van der Waals surface area (Å²) < 4.78 is 5.49. The Bertz CT molecular complexity index is 659. The molecule has 1 aliphatic rings. The van der Waals surface area contributed by atoms with Crippen LogP contribution in [0.1, 0.15) is 12.5 Å². The van der Waals surface area contributed by atoms with Crippen LogP contribution in [0, 0.1) is 0 Å². The fraction of sp³-hybridized carbons (Fsp3) is 0.389. The van der Waals surface area contributed by atoms with E-state index in [4.69, 9.17) is 4.74 Å². The van der Waals surface area contributed by atoms with Gasteiger partial charge in [-0.3, -0.25) is 14.4 Å². The monoisotopic (exact) mass is 345 g/mol. The lowest BCUT2D eigenvalue weighted by Crippen LogP contribution is -2.43. The third kappa shape index (κ3) is 5.07. The zero-order valence-corrected chi connectivity index (χ0v) is 14.4. The Labute approximate surface area is 147 Å². The van der Waals surface area contributed by atoms with Crippen molar-refractivity contribution in [2.75, 3.05) is 32.8 Å². The summed E-state index contributed by atoms with van der Waals surface area (Å²) in [6.45, 7) is 6.74. The topological polar surface area (TPSA) is 79.0 Å². The molecule has 1 heterocycles. The van der Waals surface area contributed by atoms with Crippen molar-refractivity contribution in [3.63, 3.8) is 0 Å². The second-order valence-electron chi connectivity index (χ2n) is 5.62. The minimum atomic E-state index is -0.283. The molecule has 1 N–H and O–H groups in total. The van der Waals surface area contributed by atoms with Crippen LogP contribution in [-0.4, -0.2) is 60.3 Å². The number of fused-ring (bicyclic) bond motifs is 1. The summed E-state index contributed by atoms with van der Waals surface area (Å²) >= 11 is 0. The maximum Gasteiger partial charge on any atom is 0.260 e. The third-order valence-electron chi connectivity index (χ3n) is 3.94. The molecule has 2 rings (SSSR count). The predicted molar refractivity (Wildman–Crippen MR) is 92.8 cm³/mol. The highest BCUT2D eigenvalue weighted by molar-refractivity contribution is 5.90. The number of nitrogens with zero attached hydrogens (tertiary/aromatic N) is 2. The number of carbonyl (C=O) groups excluding carboxylic acids is 3. The number of para-hydroxylation sites is 1. The molecule has 1 aliphatic heterocycles. The van der Waals surface area contributed by atoms with E-state index in [1.165, 1.54) is 11.0 Å². The van der Waals surface area contributed by atoms with Gasteiger partial charge in [0, 0.05) is 31.7 Å². The van der Waals surface area contributed by atoms with Gasteiger partial charge in [0.1, 0.15) is 5.75 Å². The zero-order valence-electron chi connectivity index (χ0n) is 14.4. The Kier molecular flexibility index (Phi) is 6.56. The van der Waals surface area contributed by atoms with Crippen molar-refractivity contribution >= 4 is 17.7 Å². The van der Waals surface area contributed by atoms with Crippen LogP contribution in [-0.2, 0) is 20.9 Å². The minimum absolute atomic E-state index is 0.0115. The molecule has 0 radical (unpaired) electrons. The molecule has 25 heavy (non-hydrogen) atoms. The van der Waals surface area contributed by atoms with E-state index in [2.05, 4.69) is 11.9 Å². The Morgan fingerprint density at radius 2 is 2.16 bits per heavy atom. The molecule has 0 atom stereocenters. The summed E-state index contributed by atoms with van der Waals surface area (Å²) in [5.74, 6) is 0.0384.